The Kier molecular flexibility index (Phi) is 3.82. The molecule has 1 aliphatic carbocycles. The molecule has 1 saturated heterocycles. The van der Waals surface area contributed by atoms with Gasteiger partial charge in [-0.25, -0.2) is 0 Å². The van der Waals surface area contributed by atoms with Crippen molar-refractivity contribution >= 4 is 17.3 Å². The van der Waals surface area contributed by atoms with E-state index in [0.717, 1.165) is 19.0 Å². The maximum Gasteiger partial charge on any atom is 0.418 e. The minimum absolute atomic E-state index is 0.0153. The van der Waals surface area contributed by atoms with Crippen LogP contribution < -0.4 is 5.32 Å². The van der Waals surface area contributed by atoms with Gasteiger partial charge in [-0.05, 0) is 38.3 Å². The first-order chi connectivity index (χ1) is 9.86. The topological polar surface area (TPSA) is 15.3 Å². The number of benzene rings is 1. The van der Waals surface area contributed by atoms with Gasteiger partial charge in [0.1, 0.15) is 0 Å². The fourth-order valence-electron chi connectivity index (χ4n) is 3.19. The highest BCUT2D eigenvalue weighted by Gasteiger charge is 2.40. The maximum absolute atomic E-state index is 13.1. The Hall–Kier alpha value is -0.940. The molecule has 116 valence electrons. The normalized spacial score (nSPS) is 27.1. The average molecular weight is 319 g/mol. The summed E-state index contributed by atoms with van der Waals surface area (Å²) in [6.07, 6.45) is -1.14. The fraction of sp³-hybridized carbons (Fsp3) is 0.600. The SMILES string of the molecule is CC1CC(Nc2c(Cl)cccc2C(F)(F)F)CN1C1CC1. The van der Waals surface area contributed by atoms with Crippen molar-refractivity contribution in [1.82, 2.24) is 4.90 Å². The second kappa shape index (κ2) is 5.36. The van der Waals surface area contributed by atoms with Crippen molar-refractivity contribution in [2.75, 3.05) is 11.9 Å². The molecule has 1 N–H and O–H groups in total. The van der Waals surface area contributed by atoms with Gasteiger partial charge < -0.3 is 5.32 Å². The quantitative estimate of drug-likeness (QED) is 0.889. The van der Waals surface area contributed by atoms with Gasteiger partial charge in [0, 0.05) is 24.7 Å². The third-order valence-electron chi connectivity index (χ3n) is 4.31. The van der Waals surface area contributed by atoms with E-state index in [1.807, 2.05) is 0 Å². The minimum Gasteiger partial charge on any atom is -0.379 e. The lowest BCUT2D eigenvalue weighted by atomic mass is 10.1. The zero-order chi connectivity index (χ0) is 15.2. The van der Waals surface area contributed by atoms with E-state index in [1.54, 1.807) is 0 Å². The van der Waals surface area contributed by atoms with Crippen LogP contribution in [-0.4, -0.2) is 29.6 Å². The Bertz CT molecular complexity index is 528. The van der Waals surface area contributed by atoms with Crippen LogP contribution >= 0.6 is 11.6 Å². The largest absolute Gasteiger partial charge is 0.418 e. The summed E-state index contributed by atoms with van der Waals surface area (Å²) in [5.74, 6) is 0. The zero-order valence-electron chi connectivity index (χ0n) is 11.8. The van der Waals surface area contributed by atoms with Crippen LogP contribution in [0.5, 0.6) is 0 Å². The van der Waals surface area contributed by atoms with Crippen LogP contribution in [0.25, 0.3) is 0 Å². The van der Waals surface area contributed by atoms with Crippen LogP contribution in [-0.2, 0) is 6.18 Å². The lowest BCUT2D eigenvalue weighted by Crippen LogP contribution is -2.31. The molecule has 2 aliphatic rings. The number of alkyl halides is 3. The van der Waals surface area contributed by atoms with E-state index in [-0.39, 0.29) is 16.8 Å². The van der Waals surface area contributed by atoms with E-state index < -0.39 is 11.7 Å². The monoisotopic (exact) mass is 318 g/mol. The lowest BCUT2D eigenvalue weighted by Gasteiger charge is -2.21. The standard InChI is InChI=1S/C15H18ClF3N2/c1-9-7-10(8-21(9)11-5-6-11)20-14-12(15(17,18)19)3-2-4-13(14)16/h2-4,9-11,20H,5-8H2,1H3. The zero-order valence-corrected chi connectivity index (χ0v) is 12.5. The predicted octanol–water partition coefficient (Wildman–Crippen LogP) is 4.40. The first-order valence-corrected chi connectivity index (χ1v) is 7.62. The molecule has 0 aromatic heterocycles. The molecule has 0 amide bonds. The van der Waals surface area contributed by atoms with Crippen molar-refractivity contribution < 1.29 is 13.2 Å². The number of para-hydroxylation sites is 1. The number of hydrogen-bond acceptors (Lipinski definition) is 2. The number of hydrogen-bond donors (Lipinski definition) is 1. The Morgan fingerprint density at radius 3 is 2.62 bits per heavy atom. The van der Waals surface area contributed by atoms with Crippen molar-refractivity contribution in [1.29, 1.82) is 0 Å². The van der Waals surface area contributed by atoms with E-state index in [2.05, 4.69) is 17.1 Å². The summed E-state index contributed by atoms with van der Waals surface area (Å²) in [4.78, 5) is 2.39. The molecule has 6 heteroatoms. The summed E-state index contributed by atoms with van der Waals surface area (Å²) in [5.41, 5.74) is -0.672. The Balaban J connectivity index is 1.79. The van der Waals surface area contributed by atoms with Crippen LogP contribution in [0.1, 0.15) is 31.7 Å². The van der Waals surface area contributed by atoms with Crippen LogP contribution in [0, 0.1) is 0 Å². The van der Waals surface area contributed by atoms with Gasteiger partial charge in [-0.3, -0.25) is 4.90 Å². The van der Waals surface area contributed by atoms with Crippen molar-refractivity contribution in [3.8, 4) is 0 Å². The van der Waals surface area contributed by atoms with Crippen molar-refractivity contribution in [2.45, 2.75) is 50.5 Å². The molecule has 1 saturated carbocycles. The van der Waals surface area contributed by atoms with E-state index in [4.69, 9.17) is 11.6 Å². The van der Waals surface area contributed by atoms with E-state index in [1.165, 1.54) is 25.0 Å². The Morgan fingerprint density at radius 1 is 1.29 bits per heavy atom. The molecule has 2 fully saturated rings. The van der Waals surface area contributed by atoms with Crippen molar-refractivity contribution in [3.05, 3.63) is 28.8 Å². The third kappa shape index (κ3) is 3.14. The molecule has 0 radical (unpaired) electrons. The van der Waals surface area contributed by atoms with Crippen LogP contribution in [0.4, 0.5) is 18.9 Å². The van der Waals surface area contributed by atoms with Gasteiger partial charge in [-0.2, -0.15) is 13.2 Å². The van der Waals surface area contributed by atoms with Gasteiger partial charge in [0.2, 0.25) is 0 Å². The van der Waals surface area contributed by atoms with Gasteiger partial charge in [0.05, 0.1) is 16.3 Å². The summed E-state index contributed by atoms with van der Waals surface area (Å²) in [7, 11) is 0. The predicted molar refractivity (Wildman–Crippen MR) is 77.7 cm³/mol. The average Bonchev–Trinajstić information content (AvgIpc) is 3.15. The molecule has 21 heavy (non-hydrogen) atoms. The molecule has 2 unspecified atom stereocenters. The Labute approximate surface area is 127 Å². The van der Waals surface area contributed by atoms with E-state index in [9.17, 15) is 13.2 Å². The molecular formula is C15H18ClF3N2. The maximum atomic E-state index is 13.1. The van der Waals surface area contributed by atoms with Gasteiger partial charge in [0.15, 0.2) is 0 Å². The third-order valence-corrected chi connectivity index (χ3v) is 4.62. The molecule has 1 aromatic carbocycles. The smallest absolute Gasteiger partial charge is 0.379 e. The van der Waals surface area contributed by atoms with E-state index >= 15 is 0 Å². The Morgan fingerprint density at radius 2 is 2.00 bits per heavy atom. The second-order valence-electron chi connectivity index (χ2n) is 6.01. The van der Waals surface area contributed by atoms with Crippen molar-refractivity contribution in [3.63, 3.8) is 0 Å². The molecule has 0 spiro atoms. The number of likely N-dealkylation sites (tertiary alicyclic amines) is 1. The molecule has 1 heterocycles. The van der Waals surface area contributed by atoms with Crippen LogP contribution in [0.2, 0.25) is 5.02 Å². The minimum atomic E-state index is -4.40. The number of nitrogens with one attached hydrogen (secondary N) is 1. The molecule has 2 nitrogen and oxygen atoms in total. The van der Waals surface area contributed by atoms with Crippen LogP contribution in [0.3, 0.4) is 0 Å². The summed E-state index contributed by atoms with van der Waals surface area (Å²) in [5, 5.41) is 3.16. The van der Waals surface area contributed by atoms with Gasteiger partial charge in [-0.15, -0.1) is 0 Å². The lowest BCUT2D eigenvalue weighted by molar-refractivity contribution is -0.137. The molecule has 1 aromatic rings. The summed E-state index contributed by atoms with van der Waals surface area (Å²) in [6.45, 7) is 2.92. The highest BCUT2D eigenvalue weighted by atomic mass is 35.5. The fourth-order valence-corrected chi connectivity index (χ4v) is 3.42. The summed E-state index contributed by atoms with van der Waals surface area (Å²) < 4.78 is 39.3. The van der Waals surface area contributed by atoms with E-state index in [0.29, 0.717) is 12.1 Å². The van der Waals surface area contributed by atoms with Gasteiger partial charge in [-0.1, -0.05) is 17.7 Å². The van der Waals surface area contributed by atoms with Gasteiger partial charge in [0.25, 0.3) is 0 Å². The molecular weight excluding hydrogens is 301 g/mol. The molecule has 3 rings (SSSR count). The van der Waals surface area contributed by atoms with Crippen LogP contribution in [0.15, 0.2) is 18.2 Å². The second-order valence-corrected chi connectivity index (χ2v) is 6.42. The number of nitrogens with zero attached hydrogens (tertiary/aromatic N) is 1. The van der Waals surface area contributed by atoms with Gasteiger partial charge >= 0.3 is 6.18 Å². The van der Waals surface area contributed by atoms with Crippen molar-refractivity contribution in [2.24, 2.45) is 0 Å². The molecule has 0 bridgehead atoms. The highest BCUT2D eigenvalue weighted by molar-refractivity contribution is 6.33. The number of anilines is 1. The first-order valence-electron chi connectivity index (χ1n) is 7.24. The summed E-state index contributed by atoms with van der Waals surface area (Å²) in [6, 6.07) is 4.96. The first kappa shape index (κ1) is 15.0. The number of rotatable bonds is 3. The molecule has 1 aliphatic heterocycles. The molecule has 2 atom stereocenters. The number of halogens is 4. The summed E-state index contributed by atoms with van der Waals surface area (Å²) >= 11 is 5.99. The highest BCUT2D eigenvalue weighted by Crippen LogP contribution is 2.40.